The smallest absolute Gasteiger partial charge is 0.340 e. The lowest BCUT2D eigenvalue weighted by Crippen LogP contribution is -2.25. The van der Waals surface area contributed by atoms with Crippen LogP contribution in [0.15, 0.2) is 34.3 Å². The Labute approximate surface area is 167 Å². The predicted molar refractivity (Wildman–Crippen MR) is 110 cm³/mol. The molecule has 0 amide bonds. The Balaban J connectivity index is 1.46. The van der Waals surface area contributed by atoms with Crippen molar-refractivity contribution < 1.29 is 19.1 Å². The Hall–Kier alpha value is -2.24. The third kappa shape index (κ3) is 6.73. The number of nitrogens with zero attached hydrogens (tertiary/aromatic N) is 2. The van der Waals surface area contributed by atoms with Crippen molar-refractivity contribution in [3.05, 3.63) is 24.3 Å². The van der Waals surface area contributed by atoms with Crippen LogP contribution in [0.2, 0.25) is 0 Å². The maximum Gasteiger partial charge on any atom is 0.340 e. The lowest BCUT2D eigenvalue weighted by Gasteiger charge is -2.05. The Bertz CT molecular complexity index is 639. The molecule has 28 heavy (non-hydrogen) atoms. The van der Waals surface area contributed by atoms with Crippen molar-refractivity contribution >= 4 is 23.7 Å². The van der Waals surface area contributed by atoms with Crippen LogP contribution in [0.1, 0.15) is 79.1 Å². The first-order valence-electron chi connectivity index (χ1n) is 10.1. The van der Waals surface area contributed by atoms with E-state index in [1.807, 2.05) is 12.2 Å². The van der Waals surface area contributed by atoms with Crippen LogP contribution in [0.25, 0.3) is 0 Å². The van der Waals surface area contributed by atoms with Crippen LogP contribution in [0.3, 0.4) is 0 Å². The Kier molecular flexibility index (Phi) is 7.72. The maximum absolute atomic E-state index is 11.5. The third-order valence-corrected chi connectivity index (χ3v) is 4.64. The number of aliphatic imine (C=N–C) groups is 2. The van der Waals surface area contributed by atoms with Crippen molar-refractivity contribution in [1.29, 1.82) is 0 Å². The van der Waals surface area contributed by atoms with E-state index in [-0.39, 0.29) is 11.9 Å². The van der Waals surface area contributed by atoms with Gasteiger partial charge in [0.1, 0.15) is 0 Å². The molecule has 0 N–H and O–H groups in total. The molecular weight excluding hydrogens is 356 g/mol. The van der Waals surface area contributed by atoms with Crippen LogP contribution in [0.4, 0.5) is 0 Å². The molecule has 0 aromatic heterocycles. The molecule has 0 bridgehead atoms. The van der Waals surface area contributed by atoms with Crippen molar-refractivity contribution in [2.75, 3.05) is 0 Å². The normalized spacial score (nSPS) is 20.6. The molecule has 0 saturated heterocycles. The molecule has 0 unspecified atom stereocenters. The topological polar surface area (TPSA) is 77.3 Å². The predicted octanol–water partition coefficient (Wildman–Crippen LogP) is 4.69. The second-order valence-electron chi connectivity index (χ2n) is 8.25. The van der Waals surface area contributed by atoms with Gasteiger partial charge >= 0.3 is 11.9 Å². The number of ether oxygens (including phenoxy) is 2. The van der Waals surface area contributed by atoms with Gasteiger partial charge in [-0.05, 0) is 53.4 Å². The number of unbranched alkanes of at least 4 members (excludes halogenated alkanes) is 5. The minimum absolute atomic E-state index is 0.272. The summed E-state index contributed by atoms with van der Waals surface area (Å²) in [6, 6.07) is 0. The lowest BCUT2D eigenvalue weighted by atomic mass is 10.1. The number of rotatable bonds is 11. The highest BCUT2D eigenvalue weighted by Crippen LogP contribution is 2.21. The second kappa shape index (κ2) is 9.80. The third-order valence-electron chi connectivity index (χ3n) is 4.64. The molecule has 0 fully saturated rings. The van der Waals surface area contributed by atoms with Crippen LogP contribution in [-0.4, -0.2) is 34.8 Å². The first-order valence-corrected chi connectivity index (χ1v) is 10.1. The molecule has 0 saturated carbocycles. The SMILES string of the molecule is CC1(C)N=C(C/C=C/CCCCCC/C=C/CC2=NC(C)(C)C(=O)O2)OC1=O. The molecule has 6 nitrogen and oxygen atoms in total. The van der Waals surface area contributed by atoms with Gasteiger partial charge < -0.3 is 9.47 Å². The van der Waals surface area contributed by atoms with Crippen LogP contribution in [0.5, 0.6) is 0 Å². The van der Waals surface area contributed by atoms with Crippen LogP contribution in [0, 0.1) is 0 Å². The van der Waals surface area contributed by atoms with Gasteiger partial charge in [0, 0.05) is 12.8 Å². The summed E-state index contributed by atoms with van der Waals surface area (Å²) in [6.07, 6.45) is 16.2. The summed E-state index contributed by atoms with van der Waals surface area (Å²) >= 11 is 0. The Morgan fingerprint density at radius 1 is 0.679 bits per heavy atom. The van der Waals surface area contributed by atoms with E-state index < -0.39 is 11.1 Å². The molecule has 2 aliphatic heterocycles. The second-order valence-corrected chi connectivity index (χ2v) is 8.25. The number of carbonyl (C=O) groups is 2. The van der Waals surface area contributed by atoms with Crippen molar-refractivity contribution in [1.82, 2.24) is 0 Å². The zero-order chi connectivity index (χ0) is 20.6. The molecule has 2 rings (SSSR count). The summed E-state index contributed by atoms with van der Waals surface area (Å²) in [5.41, 5.74) is -1.47. The van der Waals surface area contributed by atoms with Crippen LogP contribution >= 0.6 is 0 Å². The van der Waals surface area contributed by atoms with E-state index in [2.05, 4.69) is 22.1 Å². The largest absolute Gasteiger partial charge is 0.410 e. The molecule has 2 heterocycles. The maximum atomic E-state index is 11.5. The minimum atomic E-state index is -0.733. The zero-order valence-electron chi connectivity index (χ0n) is 17.5. The van der Waals surface area contributed by atoms with Crippen molar-refractivity contribution in [3.8, 4) is 0 Å². The van der Waals surface area contributed by atoms with Gasteiger partial charge in [-0.25, -0.2) is 19.6 Å². The van der Waals surface area contributed by atoms with Crippen LogP contribution in [-0.2, 0) is 19.1 Å². The number of hydrogen-bond donors (Lipinski definition) is 0. The van der Waals surface area contributed by atoms with Gasteiger partial charge in [0.2, 0.25) is 0 Å². The van der Waals surface area contributed by atoms with Gasteiger partial charge in [0.05, 0.1) is 0 Å². The molecule has 0 aliphatic carbocycles. The highest BCUT2D eigenvalue weighted by molar-refractivity contribution is 6.00. The van der Waals surface area contributed by atoms with E-state index in [1.165, 1.54) is 12.8 Å². The summed E-state index contributed by atoms with van der Waals surface area (Å²) in [5.74, 6) is 0.483. The van der Waals surface area contributed by atoms with Crippen LogP contribution < -0.4 is 0 Å². The number of cyclic esters (lactones) is 2. The zero-order valence-corrected chi connectivity index (χ0v) is 17.5. The monoisotopic (exact) mass is 388 g/mol. The standard InChI is InChI=1S/C22H32N2O4/c1-21(2)19(25)27-17(23-21)15-13-11-9-7-5-6-8-10-12-14-16-18-24-22(3,4)20(26)28-18/h11-14H,5-10,15-16H2,1-4H3/b13-11+,14-12+. The first kappa shape index (κ1) is 22.1. The van der Waals surface area contributed by atoms with E-state index in [0.29, 0.717) is 24.6 Å². The molecule has 2 aliphatic rings. The minimum Gasteiger partial charge on any atom is -0.410 e. The van der Waals surface area contributed by atoms with E-state index in [9.17, 15) is 9.59 Å². The summed E-state index contributed by atoms with van der Waals surface area (Å²) in [6.45, 7) is 7.05. The highest BCUT2D eigenvalue weighted by Gasteiger charge is 2.36. The molecule has 6 heteroatoms. The van der Waals surface area contributed by atoms with Crippen molar-refractivity contribution in [2.45, 2.75) is 90.1 Å². The van der Waals surface area contributed by atoms with Gasteiger partial charge in [0.25, 0.3) is 0 Å². The van der Waals surface area contributed by atoms with Crippen molar-refractivity contribution in [3.63, 3.8) is 0 Å². The van der Waals surface area contributed by atoms with E-state index in [4.69, 9.17) is 9.47 Å². The molecule has 0 radical (unpaired) electrons. The van der Waals surface area contributed by atoms with Gasteiger partial charge in [-0.3, -0.25) is 0 Å². The van der Waals surface area contributed by atoms with E-state index in [1.54, 1.807) is 27.7 Å². The molecule has 0 atom stereocenters. The Morgan fingerprint density at radius 3 is 1.39 bits per heavy atom. The highest BCUT2D eigenvalue weighted by atomic mass is 16.6. The molecule has 0 spiro atoms. The van der Waals surface area contributed by atoms with Gasteiger partial charge in [0.15, 0.2) is 22.9 Å². The molecular formula is C22H32N2O4. The number of hydrogen-bond acceptors (Lipinski definition) is 6. The van der Waals surface area contributed by atoms with Crippen molar-refractivity contribution in [2.24, 2.45) is 9.98 Å². The van der Waals surface area contributed by atoms with Gasteiger partial charge in [-0.1, -0.05) is 37.1 Å². The summed E-state index contributed by atoms with van der Waals surface area (Å²) in [4.78, 5) is 31.6. The first-order chi connectivity index (χ1) is 13.2. The lowest BCUT2D eigenvalue weighted by molar-refractivity contribution is -0.138. The quantitative estimate of drug-likeness (QED) is 0.292. The average molecular weight is 389 g/mol. The summed E-state index contributed by atoms with van der Waals surface area (Å²) < 4.78 is 10.3. The van der Waals surface area contributed by atoms with Gasteiger partial charge in [-0.15, -0.1) is 0 Å². The molecule has 0 aromatic carbocycles. The number of esters is 2. The average Bonchev–Trinajstić information content (AvgIpc) is 3.02. The molecule has 154 valence electrons. The fraction of sp³-hybridized carbons (Fsp3) is 0.636. The Morgan fingerprint density at radius 2 is 1.07 bits per heavy atom. The number of carbonyl (C=O) groups excluding carboxylic acids is 2. The molecule has 0 aromatic rings. The van der Waals surface area contributed by atoms with Gasteiger partial charge in [-0.2, -0.15) is 0 Å². The summed E-state index contributed by atoms with van der Waals surface area (Å²) in [5, 5.41) is 0. The van der Waals surface area contributed by atoms with E-state index in [0.717, 1.165) is 25.7 Å². The summed E-state index contributed by atoms with van der Waals surface area (Å²) in [7, 11) is 0. The number of allylic oxidation sites excluding steroid dienone is 2. The van der Waals surface area contributed by atoms with E-state index >= 15 is 0 Å². The fourth-order valence-corrected chi connectivity index (χ4v) is 2.88. The fourth-order valence-electron chi connectivity index (χ4n) is 2.88.